The van der Waals surface area contributed by atoms with Gasteiger partial charge in [0.1, 0.15) is 17.0 Å². The summed E-state index contributed by atoms with van der Waals surface area (Å²) >= 11 is 6.22. The first-order valence-electron chi connectivity index (χ1n) is 7.17. The lowest BCUT2D eigenvalue weighted by Crippen LogP contribution is -2.09. The van der Waals surface area contributed by atoms with Crippen LogP contribution in [0.1, 0.15) is 5.56 Å². The van der Waals surface area contributed by atoms with Gasteiger partial charge in [-0.3, -0.25) is 0 Å². The largest absolute Gasteiger partial charge is 0.368 e. The lowest BCUT2D eigenvalue weighted by Gasteiger charge is -2.07. The van der Waals surface area contributed by atoms with Gasteiger partial charge in [0.25, 0.3) is 0 Å². The fraction of sp³-hybridized carbons (Fsp3) is 0.0667. The molecule has 2 N–H and O–H groups in total. The Balaban J connectivity index is 1.92. The van der Waals surface area contributed by atoms with Gasteiger partial charge in [0.15, 0.2) is 16.6 Å². The predicted molar refractivity (Wildman–Crippen MR) is 87.3 cm³/mol. The van der Waals surface area contributed by atoms with Crippen LogP contribution in [-0.2, 0) is 6.54 Å². The van der Waals surface area contributed by atoms with Crippen LogP contribution in [0.5, 0.6) is 0 Å². The molecule has 0 amide bonds. The van der Waals surface area contributed by atoms with Gasteiger partial charge in [-0.2, -0.15) is 20.2 Å². The average Bonchev–Trinajstić information content (AvgIpc) is 3.19. The predicted octanol–water partition coefficient (Wildman–Crippen LogP) is 2.57. The van der Waals surface area contributed by atoms with E-state index in [1.165, 1.54) is 27.6 Å². The molecule has 0 spiro atoms. The Bertz CT molecular complexity index is 1060. The molecule has 0 aliphatic carbocycles. The third kappa shape index (κ3) is 2.58. The van der Waals surface area contributed by atoms with Gasteiger partial charge in [-0.05, 0) is 18.2 Å². The quantitative estimate of drug-likeness (QED) is 0.606. The van der Waals surface area contributed by atoms with Gasteiger partial charge in [-0.15, -0.1) is 0 Å². The molecule has 0 aliphatic heterocycles. The van der Waals surface area contributed by atoms with E-state index < -0.39 is 11.6 Å². The zero-order valence-corrected chi connectivity index (χ0v) is 13.3. The van der Waals surface area contributed by atoms with Gasteiger partial charge >= 0.3 is 0 Å². The fourth-order valence-corrected chi connectivity index (χ4v) is 2.79. The molecule has 4 rings (SSSR count). The molecule has 25 heavy (non-hydrogen) atoms. The van der Waals surface area contributed by atoms with E-state index in [0.717, 1.165) is 0 Å². The van der Waals surface area contributed by atoms with Crippen LogP contribution >= 0.6 is 11.6 Å². The van der Waals surface area contributed by atoms with E-state index in [4.69, 9.17) is 17.3 Å². The Hall–Kier alpha value is -3.07. The lowest BCUT2D eigenvalue weighted by atomic mass is 10.2. The van der Waals surface area contributed by atoms with E-state index in [-0.39, 0.29) is 28.9 Å². The minimum atomic E-state index is -0.686. The molecule has 0 bridgehead atoms. The Kier molecular flexibility index (Phi) is 3.57. The highest BCUT2D eigenvalue weighted by molar-refractivity contribution is 6.34. The number of aromatic nitrogens is 6. The Morgan fingerprint density at radius 1 is 1.12 bits per heavy atom. The summed E-state index contributed by atoms with van der Waals surface area (Å²) in [6.45, 7) is -0.198. The van der Waals surface area contributed by atoms with Crippen LogP contribution in [0.4, 0.5) is 14.7 Å². The number of nitrogens with zero attached hydrogens (tertiary/aromatic N) is 6. The van der Waals surface area contributed by atoms with E-state index in [0.29, 0.717) is 11.2 Å². The maximum Gasteiger partial charge on any atom is 0.224 e. The monoisotopic (exact) mass is 361 g/mol. The minimum Gasteiger partial charge on any atom is -0.368 e. The Morgan fingerprint density at radius 3 is 2.56 bits per heavy atom. The summed E-state index contributed by atoms with van der Waals surface area (Å²) in [4.78, 5) is 8.26. The molecular weight excluding hydrogens is 352 g/mol. The molecule has 0 aliphatic rings. The van der Waals surface area contributed by atoms with Crippen LogP contribution in [-0.4, -0.2) is 29.5 Å². The summed E-state index contributed by atoms with van der Waals surface area (Å²) in [6, 6.07) is 5.34. The highest BCUT2D eigenvalue weighted by Gasteiger charge is 2.20. The molecule has 1 aromatic carbocycles. The molecule has 3 heterocycles. The lowest BCUT2D eigenvalue weighted by molar-refractivity contribution is 0.536. The molecule has 0 unspecified atom stereocenters. The van der Waals surface area contributed by atoms with Gasteiger partial charge in [0, 0.05) is 18.0 Å². The number of hydrogen-bond acceptors (Lipinski definition) is 5. The van der Waals surface area contributed by atoms with E-state index in [9.17, 15) is 8.78 Å². The summed E-state index contributed by atoms with van der Waals surface area (Å²) in [5.74, 6) is -1.08. The third-order valence-electron chi connectivity index (χ3n) is 3.64. The maximum atomic E-state index is 13.9. The molecule has 0 saturated carbocycles. The number of anilines is 1. The highest BCUT2D eigenvalue weighted by Crippen LogP contribution is 2.28. The first kappa shape index (κ1) is 15.5. The molecule has 0 radical (unpaired) electrons. The second-order valence-corrected chi connectivity index (χ2v) is 5.56. The molecule has 126 valence electrons. The van der Waals surface area contributed by atoms with Crippen LogP contribution in [0.2, 0.25) is 5.15 Å². The van der Waals surface area contributed by atoms with Crippen molar-refractivity contribution in [2.45, 2.75) is 6.54 Å². The van der Waals surface area contributed by atoms with Crippen molar-refractivity contribution < 1.29 is 8.78 Å². The topological polar surface area (TPSA) is 87.4 Å². The second kappa shape index (κ2) is 5.78. The van der Waals surface area contributed by atoms with Crippen molar-refractivity contribution in [3.05, 3.63) is 59.0 Å². The maximum absolute atomic E-state index is 13.9. The molecule has 0 saturated heterocycles. The molecule has 3 aromatic heterocycles. The van der Waals surface area contributed by atoms with E-state index in [1.807, 2.05) is 0 Å². The van der Waals surface area contributed by atoms with E-state index in [1.54, 1.807) is 18.5 Å². The van der Waals surface area contributed by atoms with Crippen LogP contribution in [0.3, 0.4) is 0 Å². The summed E-state index contributed by atoms with van der Waals surface area (Å²) in [5.41, 5.74) is 5.87. The van der Waals surface area contributed by atoms with Crippen LogP contribution in [0.25, 0.3) is 16.9 Å². The SMILES string of the molecule is Nc1nc(-n2cccn2)c2c(Cl)nn(Cc3c(F)cccc3F)c2n1. The number of fused-ring (bicyclic) bond motifs is 1. The Labute approximate surface area is 144 Å². The summed E-state index contributed by atoms with van der Waals surface area (Å²) in [7, 11) is 0. The van der Waals surface area contributed by atoms with Crippen molar-refractivity contribution in [2.24, 2.45) is 0 Å². The molecular formula is C15H10ClF2N7. The van der Waals surface area contributed by atoms with Crippen molar-refractivity contribution >= 4 is 28.6 Å². The van der Waals surface area contributed by atoms with E-state index in [2.05, 4.69) is 20.2 Å². The van der Waals surface area contributed by atoms with Gasteiger partial charge < -0.3 is 5.73 Å². The smallest absolute Gasteiger partial charge is 0.224 e. The van der Waals surface area contributed by atoms with Crippen molar-refractivity contribution in [3.8, 4) is 5.82 Å². The highest BCUT2D eigenvalue weighted by atomic mass is 35.5. The van der Waals surface area contributed by atoms with Crippen molar-refractivity contribution in [3.63, 3.8) is 0 Å². The number of benzene rings is 1. The van der Waals surface area contributed by atoms with Crippen LogP contribution in [0, 0.1) is 11.6 Å². The second-order valence-electron chi connectivity index (χ2n) is 5.20. The van der Waals surface area contributed by atoms with E-state index >= 15 is 0 Å². The average molecular weight is 362 g/mol. The minimum absolute atomic E-state index is 0.0372. The number of nitrogen functional groups attached to an aromatic ring is 1. The first-order valence-corrected chi connectivity index (χ1v) is 7.55. The van der Waals surface area contributed by atoms with Gasteiger partial charge in [0.05, 0.1) is 6.54 Å². The Morgan fingerprint density at radius 2 is 1.88 bits per heavy atom. The molecule has 10 heteroatoms. The third-order valence-corrected chi connectivity index (χ3v) is 3.90. The van der Waals surface area contributed by atoms with Gasteiger partial charge in [-0.1, -0.05) is 17.7 Å². The normalized spacial score (nSPS) is 11.3. The van der Waals surface area contributed by atoms with Crippen molar-refractivity contribution in [1.82, 2.24) is 29.5 Å². The van der Waals surface area contributed by atoms with Crippen LogP contribution in [0.15, 0.2) is 36.7 Å². The summed E-state index contributed by atoms with van der Waals surface area (Å²) < 4.78 is 30.6. The van der Waals surface area contributed by atoms with Crippen molar-refractivity contribution in [2.75, 3.05) is 5.73 Å². The summed E-state index contributed by atoms with van der Waals surface area (Å²) in [5, 5.41) is 8.69. The zero-order valence-electron chi connectivity index (χ0n) is 12.6. The molecule has 7 nitrogen and oxygen atoms in total. The van der Waals surface area contributed by atoms with Gasteiger partial charge in [0.2, 0.25) is 5.95 Å². The fourth-order valence-electron chi connectivity index (χ4n) is 2.53. The zero-order chi connectivity index (χ0) is 17.6. The van der Waals surface area contributed by atoms with Gasteiger partial charge in [-0.25, -0.2) is 18.1 Å². The molecule has 0 fully saturated rings. The van der Waals surface area contributed by atoms with Crippen molar-refractivity contribution in [1.29, 1.82) is 0 Å². The number of hydrogen-bond donors (Lipinski definition) is 1. The first-order chi connectivity index (χ1) is 12.0. The standard InChI is InChI=1S/C15H10ClF2N7/c16-12-11-13(24-6-2-5-20-24)21-15(19)22-14(11)25(23-12)7-8-9(17)3-1-4-10(8)18/h1-6H,7H2,(H2,19,21,22). The molecule has 0 atom stereocenters. The number of halogens is 3. The molecule has 4 aromatic rings. The summed E-state index contributed by atoms with van der Waals surface area (Å²) in [6.07, 6.45) is 3.22. The van der Waals surface area contributed by atoms with Crippen LogP contribution < -0.4 is 5.73 Å². The number of nitrogens with two attached hydrogens (primary N) is 1. The number of rotatable bonds is 3.